The van der Waals surface area contributed by atoms with Gasteiger partial charge in [-0.1, -0.05) is 13.8 Å². The molecule has 0 saturated carbocycles. The summed E-state index contributed by atoms with van der Waals surface area (Å²) in [5, 5.41) is 2.86. The third kappa shape index (κ3) is 4.49. The summed E-state index contributed by atoms with van der Waals surface area (Å²) in [5.41, 5.74) is -1.01. The Balaban J connectivity index is 2.52. The summed E-state index contributed by atoms with van der Waals surface area (Å²) in [6, 6.07) is 0. The summed E-state index contributed by atoms with van der Waals surface area (Å²) in [4.78, 5) is 26.2. The molecular formula is C14H26N2O3. The Labute approximate surface area is 115 Å². The van der Waals surface area contributed by atoms with E-state index in [9.17, 15) is 9.59 Å². The zero-order chi connectivity index (χ0) is 14.5. The molecular weight excluding hydrogens is 244 g/mol. The third-order valence-corrected chi connectivity index (χ3v) is 3.41. The van der Waals surface area contributed by atoms with E-state index in [1.807, 2.05) is 0 Å². The number of amides is 2. The molecule has 0 unspecified atom stereocenters. The lowest BCUT2D eigenvalue weighted by Crippen LogP contribution is -2.52. The molecule has 110 valence electrons. The average Bonchev–Trinajstić information content (AvgIpc) is 2.38. The zero-order valence-electron chi connectivity index (χ0n) is 12.5. The smallest absolute Gasteiger partial charge is 0.237 e. The summed E-state index contributed by atoms with van der Waals surface area (Å²) in [6.07, 6.45) is 0.924. The second-order valence-electron chi connectivity index (χ2n) is 5.97. The number of nitrogens with one attached hydrogen (secondary N) is 1. The Hall–Kier alpha value is -1.10. The molecule has 1 aliphatic heterocycles. The van der Waals surface area contributed by atoms with Gasteiger partial charge in [-0.3, -0.25) is 9.59 Å². The summed E-state index contributed by atoms with van der Waals surface area (Å²) in [5.74, 6) is 0.237. The van der Waals surface area contributed by atoms with Gasteiger partial charge < -0.3 is 15.0 Å². The predicted octanol–water partition coefficient (Wildman–Crippen LogP) is 1.03. The van der Waals surface area contributed by atoms with Crippen molar-refractivity contribution >= 4 is 11.8 Å². The zero-order valence-corrected chi connectivity index (χ0v) is 12.5. The van der Waals surface area contributed by atoms with Crippen LogP contribution in [-0.2, 0) is 14.3 Å². The van der Waals surface area contributed by atoms with E-state index in [1.54, 1.807) is 18.7 Å². The van der Waals surface area contributed by atoms with E-state index >= 15 is 0 Å². The molecule has 0 radical (unpaired) electrons. The maximum atomic E-state index is 12.4. The van der Waals surface area contributed by atoms with Crippen LogP contribution in [0.15, 0.2) is 0 Å². The Morgan fingerprint density at radius 3 is 2.37 bits per heavy atom. The molecule has 0 spiro atoms. The Morgan fingerprint density at radius 1 is 1.26 bits per heavy atom. The van der Waals surface area contributed by atoms with Crippen molar-refractivity contribution in [3.05, 3.63) is 0 Å². The van der Waals surface area contributed by atoms with E-state index in [2.05, 4.69) is 19.2 Å². The molecule has 1 aliphatic rings. The Kier molecular flexibility index (Phi) is 5.79. The van der Waals surface area contributed by atoms with Crippen molar-refractivity contribution in [2.24, 2.45) is 11.3 Å². The molecule has 2 amide bonds. The van der Waals surface area contributed by atoms with Crippen molar-refractivity contribution in [2.45, 2.75) is 34.1 Å². The van der Waals surface area contributed by atoms with E-state index < -0.39 is 5.41 Å². The van der Waals surface area contributed by atoms with Crippen molar-refractivity contribution < 1.29 is 14.3 Å². The molecule has 0 aliphatic carbocycles. The molecule has 0 bridgehead atoms. The van der Waals surface area contributed by atoms with Gasteiger partial charge in [0.2, 0.25) is 11.8 Å². The highest BCUT2D eigenvalue weighted by Gasteiger charge is 2.39. The molecule has 0 aromatic carbocycles. The lowest BCUT2D eigenvalue weighted by atomic mass is 9.90. The SMILES string of the molecule is CC(C)CCNC(=O)C(C)(C)C(=O)N1CCOCC1. The van der Waals surface area contributed by atoms with Gasteiger partial charge in [0, 0.05) is 19.6 Å². The second-order valence-corrected chi connectivity index (χ2v) is 5.97. The van der Waals surface area contributed by atoms with Gasteiger partial charge in [0.05, 0.1) is 13.2 Å². The molecule has 5 nitrogen and oxygen atoms in total. The van der Waals surface area contributed by atoms with E-state index in [4.69, 9.17) is 4.74 Å². The maximum absolute atomic E-state index is 12.4. The largest absolute Gasteiger partial charge is 0.378 e. The number of carbonyl (C=O) groups excluding carboxylic acids is 2. The van der Waals surface area contributed by atoms with Crippen LogP contribution in [0.1, 0.15) is 34.1 Å². The molecule has 19 heavy (non-hydrogen) atoms. The third-order valence-electron chi connectivity index (χ3n) is 3.41. The van der Waals surface area contributed by atoms with Gasteiger partial charge in [0.1, 0.15) is 5.41 Å². The number of carbonyl (C=O) groups is 2. The standard InChI is InChI=1S/C14H26N2O3/c1-11(2)5-6-15-12(17)14(3,4)13(18)16-7-9-19-10-8-16/h11H,5-10H2,1-4H3,(H,15,17). The normalized spacial score (nSPS) is 16.6. The molecule has 1 rings (SSSR count). The molecule has 0 aromatic heterocycles. The fourth-order valence-electron chi connectivity index (χ4n) is 1.95. The quantitative estimate of drug-likeness (QED) is 0.759. The first-order chi connectivity index (χ1) is 8.85. The van der Waals surface area contributed by atoms with Crippen molar-refractivity contribution in [3.8, 4) is 0 Å². The van der Waals surface area contributed by atoms with Gasteiger partial charge in [-0.15, -0.1) is 0 Å². The van der Waals surface area contributed by atoms with Crippen LogP contribution in [0.3, 0.4) is 0 Å². The topological polar surface area (TPSA) is 58.6 Å². The fraction of sp³-hybridized carbons (Fsp3) is 0.857. The molecule has 0 aromatic rings. The first-order valence-electron chi connectivity index (χ1n) is 7.01. The lowest BCUT2D eigenvalue weighted by Gasteiger charge is -2.33. The number of ether oxygens (including phenoxy) is 1. The molecule has 1 saturated heterocycles. The summed E-state index contributed by atoms with van der Waals surface area (Å²) < 4.78 is 5.22. The van der Waals surface area contributed by atoms with Crippen LogP contribution < -0.4 is 5.32 Å². The molecule has 0 atom stereocenters. The Bertz CT molecular complexity index is 321. The van der Waals surface area contributed by atoms with E-state index in [0.29, 0.717) is 38.8 Å². The second kappa shape index (κ2) is 6.89. The number of nitrogens with zero attached hydrogens (tertiary/aromatic N) is 1. The lowest BCUT2D eigenvalue weighted by molar-refractivity contribution is -0.151. The van der Waals surface area contributed by atoms with Crippen LogP contribution in [0.5, 0.6) is 0 Å². The molecule has 1 heterocycles. The minimum atomic E-state index is -1.01. The highest BCUT2D eigenvalue weighted by atomic mass is 16.5. The minimum absolute atomic E-state index is 0.113. The highest BCUT2D eigenvalue weighted by molar-refractivity contribution is 6.04. The van der Waals surface area contributed by atoms with Crippen molar-refractivity contribution in [2.75, 3.05) is 32.8 Å². The number of rotatable bonds is 5. The van der Waals surface area contributed by atoms with Crippen LogP contribution in [0, 0.1) is 11.3 Å². The number of morpholine rings is 1. The van der Waals surface area contributed by atoms with E-state index in [0.717, 1.165) is 6.42 Å². The molecule has 1 fully saturated rings. The van der Waals surface area contributed by atoms with Gasteiger partial charge in [-0.2, -0.15) is 0 Å². The number of hydrogen-bond donors (Lipinski definition) is 1. The van der Waals surface area contributed by atoms with Crippen LogP contribution in [0.4, 0.5) is 0 Å². The summed E-state index contributed by atoms with van der Waals surface area (Å²) >= 11 is 0. The van der Waals surface area contributed by atoms with Gasteiger partial charge in [0.15, 0.2) is 0 Å². The maximum Gasteiger partial charge on any atom is 0.237 e. The van der Waals surface area contributed by atoms with Crippen LogP contribution in [0.2, 0.25) is 0 Å². The summed E-state index contributed by atoms with van der Waals surface area (Å²) in [7, 11) is 0. The monoisotopic (exact) mass is 270 g/mol. The Morgan fingerprint density at radius 2 is 1.84 bits per heavy atom. The van der Waals surface area contributed by atoms with E-state index in [1.165, 1.54) is 0 Å². The summed E-state index contributed by atoms with van der Waals surface area (Å²) in [6.45, 7) is 10.5. The fourth-order valence-corrected chi connectivity index (χ4v) is 1.95. The van der Waals surface area contributed by atoms with Gasteiger partial charge in [-0.25, -0.2) is 0 Å². The first kappa shape index (κ1) is 16.0. The minimum Gasteiger partial charge on any atom is -0.378 e. The first-order valence-corrected chi connectivity index (χ1v) is 7.01. The van der Waals surface area contributed by atoms with Crippen LogP contribution in [-0.4, -0.2) is 49.6 Å². The van der Waals surface area contributed by atoms with Crippen molar-refractivity contribution in [3.63, 3.8) is 0 Å². The average molecular weight is 270 g/mol. The highest BCUT2D eigenvalue weighted by Crippen LogP contribution is 2.20. The van der Waals surface area contributed by atoms with Gasteiger partial charge in [0.25, 0.3) is 0 Å². The molecule has 1 N–H and O–H groups in total. The predicted molar refractivity (Wildman–Crippen MR) is 73.6 cm³/mol. The van der Waals surface area contributed by atoms with Gasteiger partial charge in [-0.05, 0) is 26.2 Å². The molecule has 5 heteroatoms. The van der Waals surface area contributed by atoms with Crippen molar-refractivity contribution in [1.82, 2.24) is 10.2 Å². The van der Waals surface area contributed by atoms with Crippen LogP contribution in [0.25, 0.3) is 0 Å². The van der Waals surface area contributed by atoms with Crippen molar-refractivity contribution in [1.29, 1.82) is 0 Å². The van der Waals surface area contributed by atoms with Gasteiger partial charge >= 0.3 is 0 Å². The number of hydrogen-bond acceptors (Lipinski definition) is 3. The van der Waals surface area contributed by atoms with E-state index in [-0.39, 0.29) is 11.8 Å². The van der Waals surface area contributed by atoms with Crippen LogP contribution >= 0.6 is 0 Å².